The van der Waals surface area contributed by atoms with Crippen LogP contribution in [0, 0.1) is 5.92 Å². The van der Waals surface area contributed by atoms with Gasteiger partial charge in [-0.15, -0.1) is 0 Å². The highest BCUT2D eigenvalue weighted by atomic mass is 19.1. The molecule has 1 aromatic heterocycles. The van der Waals surface area contributed by atoms with E-state index in [9.17, 15) is 0 Å². The Morgan fingerprint density at radius 2 is 1.40 bits per heavy atom. The van der Waals surface area contributed by atoms with Crippen LogP contribution >= 0.6 is 0 Å². The average molecular weight is 554 g/mol. The van der Waals surface area contributed by atoms with Gasteiger partial charge in [-0.25, -0.2) is 4.39 Å². The maximum atomic E-state index is 15.1. The number of ether oxygens (including phenoxy) is 2. The molecular weight excluding hydrogens is 497 g/mol. The quantitative estimate of drug-likeness (QED) is 0.153. The number of pyridine rings is 1. The number of hydrogen-bond acceptors (Lipinski definition) is 3. The van der Waals surface area contributed by atoms with E-state index in [1.165, 1.54) is 70.6 Å². The summed E-state index contributed by atoms with van der Waals surface area (Å²) in [4.78, 5) is 4.79. The van der Waals surface area contributed by atoms with E-state index < -0.39 is 6.17 Å². The second kappa shape index (κ2) is 19.4. The van der Waals surface area contributed by atoms with Crippen molar-refractivity contribution < 1.29 is 13.9 Å². The molecule has 0 amide bonds. The zero-order valence-corrected chi connectivity index (χ0v) is 25.7. The third-order valence-electron chi connectivity index (χ3n) is 8.57. The van der Waals surface area contributed by atoms with E-state index in [4.69, 9.17) is 14.5 Å². The topological polar surface area (TPSA) is 31.4 Å². The van der Waals surface area contributed by atoms with E-state index in [2.05, 4.69) is 32.0 Å². The second-order valence-electron chi connectivity index (χ2n) is 11.9. The van der Waals surface area contributed by atoms with Gasteiger partial charge < -0.3 is 9.47 Å². The molecule has 224 valence electrons. The highest BCUT2D eigenvalue weighted by molar-refractivity contribution is 5.64. The van der Waals surface area contributed by atoms with E-state index in [-0.39, 0.29) is 12.2 Å². The summed E-state index contributed by atoms with van der Waals surface area (Å²) in [7, 11) is 0. The molecule has 1 aliphatic heterocycles. The third kappa shape index (κ3) is 10.9. The van der Waals surface area contributed by atoms with Crippen LogP contribution in [0.25, 0.3) is 11.3 Å². The number of rotatable bonds is 20. The highest BCUT2D eigenvalue weighted by Crippen LogP contribution is 2.36. The molecule has 2 atom stereocenters. The van der Waals surface area contributed by atoms with Gasteiger partial charge in [0.2, 0.25) is 0 Å². The van der Waals surface area contributed by atoms with Crippen LogP contribution in [0.4, 0.5) is 4.39 Å². The molecule has 0 radical (unpaired) electrons. The molecule has 3 rings (SSSR count). The minimum atomic E-state index is -0.838. The van der Waals surface area contributed by atoms with Crippen LogP contribution in [0.15, 0.2) is 42.6 Å². The van der Waals surface area contributed by atoms with Gasteiger partial charge in [-0.1, -0.05) is 135 Å². The Morgan fingerprint density at radius 3 is 2.02 bits per heavy atom. The van der Waals surface area contributed by atoms with Gasteiger partial charge in [0, 0.05) is 29.2 Å². The fraction of sp³-hybridized carbons (Fsp3) is 0.694. The molecule has 1 aromatic carbocycles. The third-order valence-corrected chi connectivity index (χ3v) is 8.57. The normalized spacial score (nSPS) is 19.0. The fourth-order valence-corrected chi connectivity index (χ4v) is 6.01. The Labute approximate surface area is 244 Å². The predicted molar refractivity (Wildman–Crippen MR) is 166 cm³/mol. The zero-order valence-electron chi connectivity index (χ0n) is 25.7. The molecule has 0 saturated carbocycles. The number of nitrogens with zero attached hydrogens (tertiary/aromatic N) is 1. The molecule has 1 saturated heterocycles. The number of halogens is 1. The SMILES string of the molecule is CCCCCCCCCCCCC1COC(c2ccc(-c3ccccc3C(CCCCC)C(F)CC)nc2)OC1. The molecule has 0 aliphatic carbocycles. The highest BCUT2D eigenvalue weighted by Gasteiger charge is 2.26. The predicted octanol–water partition coefficient (Wildman–Crippen LogP) is 11.1. The summed E-state index contributed by atoms with van der Waals surface area (Å²) >= 11 is 0. The molecule has 40 heavy (non-hydrogen) atoms. The van der Waals surface area contributed by atoms with Crippen LogP contribution in [0.2, 0.25) is 0 Å². The number of hydrogen-bond donors (Lipinski definition) is 0. The fourth-order valence-electron chi connectivity index (χ4n) is 6.01. The molecular formula is C36H56FNO2. The lowest BCUT2D eigenvalue weighted by Gasteiger charge is -2.29. The molecule has 2 heterocycles. The summed E-state index contributed by atoms with van der Waals surface area (Å²) in [5, 5.41) is 0. The van der Waals surface area contributed by atoms with Crippen molar-refractivity contribution >= 4 is 0 Å². The molecule has 1 aliphatic rings. The summed E-state index contributed by atoms with van der Waals surface area (Å²) in [5.74, 6) is 0.396. The van der Waals surface area contributed by atoms with Crippen LogP contribution in [0.5, 0.6) is 0 Å². The van der Waals surface area contributed by atoms with Gasteiger partial charge in [0.25, 0.3) is 0 Å². The molecule has 1 fully saturated rings. The number of benzene rings is 1. The van der Waals surface area contributed by atoms with Crippen LogP contribution < -0.4 is 0 Å². The van der Waals surface area contributed by atoms with Gasteiger partial charge in [0.05, 0.1) is 18.9 Å². The van der Waals surface area contributed by atoms with Crippen LogP contribution in [-0.2, 0) is 9.47 Å². The summed E-state index contributed by atoms with van der Waals surface area (Å²) < 4.78 is 27.3. The van der Waals surface area contributed by atoms with E-state index >= 15 is 4.39 Å². The van der Waals surface area contributed by atoms with Crippen molar-refractivity contribution in [2.45, 2.75) is 142 Å². The number of aromatic nitrogens is 1. The average Bonchev–Trinajstić information content (AvgIpc) is 3.00. The molecule has 2 aromatic rings. The van der Waals surface area contributed by atoms with Gasteiger partial charge in [-0.2, -0.15) is 0 Å². The van der Waals surface area contributed by atoms with Crippen molar-refractivity contribution in [1.82, 2.24) is 4.98 Å². The first-order valence-electron chi connectivity index (χ1n) is 16.6. The maximum absolute atomic E-state index is 15.1. The molecule has 0 spiro atoms. The van der Waals surface area contributed by atoms with Gasteiger partial charge in [-0.05, 0) is 30.9 Å². The standard InChI is InChI=1S/C36H56FNO2/c1-4-7-9-10-11-12-13-14-15-17-20-29-27-39-36(40-28-29)30-24-25-35(38-26-30)33-23-19-18-21-31(33)32(34(37)6-3)22-16-8-5-2/h18-19,21,23-26,29,32,34,36H,4-17,20,22,27-28H2,1-3H3. The lowest BCUT2D eigenvalue weighted by atomic mass is 9.84. The summed E-state index contributed by atoms with van der Waals surface area (Å²) in [6.07, 6.45) is 20.3. The van der Waals surface area contributed by atoms with Gasteiger partial charge in [0.1, 0.15) is 6.17 Å². The summed E-state index contributed by atoms with van der Waals surface area (Å²) in [6, 6.07) is 12.3. The van der Waals surface area contributed by atoms with E-state index in [1.807, 2.05) is 31.3 Å². The molecule has 2 unspecified atom stereocenters. The van der Waals surface area contributed by atoms with Crippen molar-refractivity contribution in [3.63, 3.8) is 0 Å². The largest absolute Gasteiger partial charge is 0.348 e. The lowest BCUT2D eigenvalue weighted by Crippen LogP contribution is -2.27. The van der Waals surface area contributed by atoms with Crippen molar-refractivity contribution in [2.75, 3.05) is 13.2 Å². The summed E-state index contributed by atoms with van der Waals surface area (Å²) in [5.41, 5.74) is 3.95. The second-order valence-corrected chi connectivity index (χ2v) is 11.9. The molecule has 4 heteroatoms. The Morgan fingerprint density at radius 1 is 0.775 bits per heavy atom. The molecule has 0 N–H and O–H groups in total. The lowest BCUT2D eigenvalue weighted by molar-refractivity contribution is -0.206. The smallest absolute Gasteiger partial charge is 0.185 e. The maximum Gasteiger partial charge on any atom is 0.185 e. The molecule has 0 bridgehead atoms. The van der Waals surface area contributed by atoms with Gasteiger partial charge in [0.15, 0.2) is 6.29 Å². The molecule has 3 nitrogen and oxygen atoms in total. The Kier molecular flexibility index (Phi) is 15.8. The number of alkyl halides is 1. The minimum absolute atomic E-state index is 0.0910. The van der Waals surface area contributed by atoms with Gasteiger partial charge >= 0.3 is 0 Å². The minimum Gasteiger partial charge on any atom is -0.348 e. The zero-order chi connectivity index (χ0) is 28.4. The van der Waals surface area contributed by atoms with Crippen LogP contribution in [0.3, 0.4) is 0 Å². The van der Waals surface area contributed by atoms with E-state index in [0.717, 1.165) is 61.3 Å². The monoisotopic (exact) mass is 553 g/mol. The Hall–Kier alpha value is -1.78. The Bertz CT molecular complexity index is 909. The Balaban J connectivity index is 1.45. The van der Waals surface area contributed by atoms with Crippen LogP contribution in [0.1, 0.15) is 147 Å². The van der Waals surface area contributed by atoms with Crippen LogP contribution in [-0.4, -0.2) is 24.4 Å². The van der Waals surface area contributed by atoms with Gasteiger partial charge in [-0.3, -0.25) is 4.98 Å². The van der Waals surface area contributed by atoms with Crippen molar-refractivity contribution in [1.29, 1.82) is 0 Å². The first kappa shape index (κ1) is 32.7. The van der Waals surface area contributed by atoms with E-state index in [1.54, 1.807) is 0 Å². The van der Waals surface area contributed by atoms with E-state index in [0.29, 0.717) is 12.3 Å². The van der Waals surface area contributed by atoms with Crippen molar-refractivity contribution in [3.05, 3.63) is 53.7 Å². The summed E-state index contributed by atoms with van der Waals surface area (Å²) in [6.45, 7) is 7.92. The van der Waals surface area contributed by atoms with Crippen molar-refractivity contribution in [3.8, 4) is 11.3 Å². The first-order valence-corrected chi connectivity index (χ1v) is 16.6. The van der Waals surface area contributed by atoms with Crippen molar-refractivity contribution in [2.24, 2.45) is 5.92 Å². The number of unbranched alkanes of at least 4 members (excludes halogenated alkanes) is 11. The first-order chi connectivity index (χ1) is 19.7.